The van der Waals surface area contributed by atoms with E-state index in [2.05, 4.69) is 18.9 Å². The van der Waals surface area contributed by atoms with Crippen LogP contribution in [0.2, 0.25) is 0 Å². The lowest BCUT2D eigenvalue weighted by Crippen LogP contribution is -2.12. The lowest BCUT2D eigenvalue weighted by molar-refractivity contribution is 0.600. The van der Waals surface area contributed by atoms with Crippen molar-refractivity contribution in [3.05, 3.63) is 47.5 Å². The number of aromatic nitrogens is 2. The van der Waals surface area contributed by atoms with Crippen molar-refractivity contribution in [2.75, 3.05) is 0 Å². The molecule has 0 saturated heterocycles. The second-order valence-corrected chi connectivity index (χ2v) is 4.81. The average molecular weight is 247 g/mol. The zero-order chi connectivity index (χ0) is 13.3. The molecule has 0 aliphatic carbocycles. The molecule has 0 aliphatic rings. The van der Waals surface area contributed by atoms with Crippen molar-refractivity contribution in [2.45, 2.75) is 32.7 Å². The molecule has 0 radical (unpaired) electrons. The lowest BCUT2D eigenvalue weighted by Gasteiger charge is -2.13. The van der Waals surface area contributed by atoms with Gasteiger partial charge < -0.3 is 5.73 Å². The Morgan fingerprint density at radius 1 is 1.22 bits per heavy atom. The fourth-order valence-electron chi connectivity index (χ4n) is 1.91. The van der Waals surface area contributed by atoms with Gasteiger partial charge in [-0.25, -0.2) is 9.07 Å². The zero-order valence-corrected chi connectivity index (χ0v) is 10.9. The van der Waals surface area contributed by atoms with Crippen molar-refractivity contribution in [1.29, 1.82) is 0 Å². The molecule has 0 saturated carbocycles. The highest BCUT2D eigenvalue weighted by Crippen LogP contribution is 2.23. The maximum absolute atomic E-state index is 14.0. The van der Waals surface area contributed by atoms with E-state index in [4.69, 9.17) is 5.73 Å². The first-order valence-corrected chi connectivity index (χ1v) is 6.10. The van der Waals surface area contributed by atoms with E-state index in [-0.39, 0.29) is 11.9 Å². The van der Waals surface area contributed by atoms with Gasteiger partial charge >= 0.3 is 0 Å². The highest BCUT2D eigenvalue weighted by molar-refractivity contribution is 5.43. The summed E-state index contributed by atoms with van der Waals surface area (Å²) in [6, 6.07) is 6.60. The summed E-state index contributed by atoms with van der Waals surface area (Å²) in [4.78, 5) is 0. The predicted molar refractivity (Wildman–Crippen MR) is 70.2 cm³/mol. The van der Waals surface area contributed by atoms with E-state index in [1.807, 2.05) is 19.1 Å². The molecular weight excluding hydrogens is 229 g/mol. The molecule has 2 N–H and O–H groups in total. The number of nitrogens with two attached hydrogens (primary N) is 1. The first-order chi connectivity index (χ1) is 8.50. The van der Waals surface area contributed by atoms with E-state index < -0.39 is 0 Å². The van der Waals surface area contributed by atoms with E-state index in [1.165, 1.54) is 6.07 Å². The Bertz CT molecular complexity index is 544. The largest absolute Gasteiger partial charge is 0.324 e. The summed E-state index contributed by atoms with van der Waals surface area (Å²) in [7, 11) is 0. The van der Waals surface area contributed by atoms with Gasteiger partial charge in [0.15, 0.2) is 0 Å². The van der Waals surface area contributed by atoms with Crippen LogP contribution >= 0.6 is 0 Å². The predicted octanol–water partition coefficient (Wildman–Crippen LogP) is 3.15. The Morgan fingerprint density at radius 2 is 1.94 bits per heavy atom. The third-order valence-corrected chi connectivity index (χ3v) is 2.94. The average Bonchev–Trinajstić information content (AvgIpc) is 2.77. The van der Waals surface area contributed by atoms with Gasteiger partial charge in [0.1, 0.15) is 11.5 Å². The number of nitrogens with zero attached hydrogens (tertiary/aromatic N) is 2. The molecule has 2 rings (SSSR count). The van der Waals surface area contributed by atoms with E-state index in [1.54, 1.807) is 16.9 Å². The summed E-state index contributed by atoms with van der Waals surface area (Å²) >= 11 is 0. The third-order valence-electron chi connectivity index (χ3n) is 2.94. The van der Waals surface area contributed by atoms with Gasteiger partial charge in [-0.05, 0) is 30.5 Å². The maximum Gasteiger partial charge on any atom is 0.149 e. The third kappa shape index (κ3) is 2.29. The number of hydrogen-bond donors (Lipinski definition) is 1. The minimum atomic E-state index is -0.303. The molecule has 96 valence electrons. The molecule has 18 heavy (non-hydrogen) atoms. The molecule has 2 aromatic rings. The molecule has 1 aromatic carbocycles. The van der Waals surface area contributed by atoms with Crippen LogP contribution in [0.4, 0.5) is 4.39 Å². The van der Waals surface area contributed by atoms with Crippen LogP contribution in [0.5, 0.6) is 0 Å². The van der Waals surface area contributed by atoms with Gasteiger partial charge in [-0.1, -0.05) is 26.0 Å². The molecular formula is C14H18FN3. The summed E-state index contributed by atoms with van der Waals surface area (Å²) in [5.41, 5.74) is 8.02. The van der Waals surface area contributed by atoms with Crippen LogP contribution in [0.3, 0.4) is 0 Å². The van der Waals surface area contributed by atoms with Crippen LogP contribution in [0.15, 0.2) is 30.5 Å². The minimum Gasteiger partial charge on any atom is -0.324 e. The summed E-state index contributed by atoms with van der Waals surface area (Å²) in [6.07, 6.45) is 1.78. The molecule has 4 heteroatoms. The zero-order valence-electron chi connectivity index (χ0n) is 10.9. The molecule has 1 unspecified atom stereocenters. The van der Waals surface area contributed by atoms with Crippen LogP contribution in [-0.4, -0.2) is 9.78 Å². The number of rotatable bonds is 3. The van der Waals surface area contributed by atoms with Gasteiger partial charge in [0, 0.05) is 12.2 Å². The Hall–Kier alpha value is -1.68. The smallest absolute Gasteiger partial charge is 0.149 e. The van der Waals surface area contributed by atoms with Crippen LogP contribution in [-0.2, 0) is 0 Å². The van der Waals surface area contributed by atoms with Crippen molar-refractivity contribution in [3.63, 3.8) is 0 Å². The van der Waals surface area contributed by atoms with Gasteiger partial charge in [-0.3, -0.25) is 0 Å². The highest BCUT2D eigenvalue weighted by Gasteiger charge is 2.15. The number of hydrogen-bond acceptors (Lipinski definition) is 2. The molecule has 1 atom stereocenters. The number of benzene rings is 1. The van der Waals surface area contributed by atoms with E-state index in [0.29, 0.717) is 11.6 Å². The summed E-state index contributed by atoms with van der Waals surface area (Å²) in [5.74, 6) is 0.0139. The molecule has 3 nitrogen and oxygen atoms in total. The van der Waals surface area contributed by atoms with E-state index in [9.17, 15) is 4.39 Å². The molecule has 1 heterocycles. The minimum absolute atomic E-state index is 0.234. The second kappa shape index (κ2) is 4.90. The van der Waals surface area contributed by atoms with Gasteiger partial charge in [-0.15, -0.1) is 0 Å². The standard InChI is InChI=1S/C14H18FN3/c1-9(2)13-7-8-18(17-13)14-11(10(3)16)5-4-6-12(14)15/h4-10H,16H2,1-3H3. The molecule has 1 aromatic heterocycles. The Morgan fingerprint density at radius 3 is 2.50 bits per heavy atom. The first-order valence-electron chi connectivity index (χ1n) is 6.10. The van der Waals surface area contributed by atoms with Crippen molar-refractivity contribution in [3.8, 4) is 5.69 Å². The normalized spacial score (nSPS) is 13.0. The topological polar surface area (TPSA) is 43.8 Å². The number of para-hydroxylation sites is 1. The van der Waals surface area contributed by atoms with E-state index >= 15 is 0 Å². The lowest BCUT2D eigenvalue weighted by atomic mass is 10.1. The summed E-state index contributed by atoms with van der Waals surface area (Å²) in [6.45, 7) is 5.95. The Labute approximate surface area is 106 Å². The summed E-state index contributed by atoms with van der Waals surface area (Å²) < 4.78 is 15.6. The van der Waals surface area contributed by atoms with Gasteiger partial charge in [0.25, 0.3) is 0 Å². The first kappa shape index (κ1) is 12.8. The number of halogens is 1. The van der Waals surface area contributed by atoms with Crippen molar-refractivity contribution in [1.82, 2.24) is 9.78 Å². The maximum atomic E-state index is 14.0. The SMILES string of the molecule is CC(C)c1ccn(-c2c(F)cccc2C(C)N)n1. The fraction of sp³-hybridized carbons (Fsp3) is 0.357. The molecule has 0 aliphatic heterocycles. The van der Waals surface area contributed by atoms with Crippen LogP contribution < -0.4 is 5.73 Å². The Kier molecular flexibility index (Phi) is 3.48. The fourth-order valence-corrected chi connectivity index (χ4v) is 1.91. The molecule has 0 spiro atoms. The quantitative estimate of drug-likeness (QED) is 0.905. The van der Waals surface area contributed by atoms with Crippen LogP contribution in [0.1, 0.15) is 44.0 Å². The molecule has 0 bridgehead atoms. The Balaban J connectivity index is 2.55. The van der Waals surface area contributed by atoms with Crippen LogP contribution in [0, 0.1) is 5.82 Å². The van der Waals surface area contributed by atoms with Crippen molar-refractivity contribution < 1.29 is 4.39 Å². The molecule has 0 fully saturated rings. The van der Waals surface area contributed by atoms with Crippen LogP contribution in [0.25, 0.3) is 5.69 Å². The molecule has 0 amide bonds. The van der Waals surface area contributed by atoms with E-state index in [0.717, 1.165) is 11.3 Å². The van der Waals surface area contributed by atoms with Gasteiger partial charge in [-0.2, -0.15) is 5.10 Å². The van der Waals surface area contributed by atoms with Crippen molar-refractivity contribution >= 4 is 0 Å². The van der Waals surface area contributed by atoms with Gasteiger partial charge in [0.05, 0.1) is 5.69 Å². The highest BCUT2D eigenvalue weighted by atomic mass is 19.1. The summed E-state index contributed by atoms with van der Waals surface area (Å²) in [5, 5.41) is 4.40. The van der Waals surface area contributed by atoms with Crippen molar-refractivity contribution in [2.24, 2.45) is 5.73 Å². The monoisotopic (exact) mass is 247 g/mol. The van der Waals surface area contributed by atoms with Gasteiger partial charge in [0.2, 0.25) is 0 Å². The second-order valence-electron chi connectivity index (χ2n) is 4.81.